The first-order chi connectivity index (χ1) is 9.11. The van der Waals surface area contributed by atoms with Gasteiger partial charge in [0, 0.05) is 25.0 Å². The third-order valence-electron chi connectivity index (χ3n) is 3.27. The van der Waals surface area contributed by atoms with Gasteiger partial charge in [0.2, 0.25) is 0 Å². The maximum Gasteiger partial charge on any atom is 0.180 e. The predicted octanol–water partition coefficient (Wildman–Crippen LogP) is 2.27. The van der Waals surface area contributed by atoms with Crippen molar-refractivity contribution in [2.75, 3.05) is 0 Å². The summed E-state index contributed by atoms with van der Waals surface area (Å²) in [5.74, 6) is -2.82. The van der Waals surface area contributed by atoms with Crippen LogP contribution in [-0.2, 0) is 19.2 Å². The van der Waals surface area contributed by atoms with Gasteiger partial charge in [0.25, 0.3) is 0 Å². The summed E-state index contributed by atoms with van der Waals surface area (Å²) in [6.45, 7) is 0. The summed E-state index contributed by atoms with van der Waals surface area (Å²) in [4.78, 5) is 43.3. The van der Waals surface area contributed by atoms with Crippen molar-refractivity contribution in [2.45, 2.75) is 22.6 Å². The molecule has 4 nitrogen and oxygen atoms in total. The molecule has 2 unspecified atom stereocenters. The molecule has 8 heteroatoms. The molecular formula is C12H6Cl4O4. The standard InChI is InChI=1S/C12H6Cl4O4/c13-5-1-9(19)11(15,3-7(5)17)12(16)4-8(18)6(14)2-10(12)20/h1-2H,3-4H2. The van der Waals surface area contributed by atoms with E-state index in [1.54, 1.807) is 0 Å². The second-order valence-electron chi connectivity index (χ2n) is 4.52. The Morgan fingerprint density at radius 3 is 1.35 bits per heavy atom. The molecule has 0 amide bonds. The smallest absolute Gasteiger partial charge is 0.180 e. The van der Waals surface area contributed by atoms with Crippen LogP contribution in [0.3, 0.4) is 0 Å². The number of alkyl halides is 2. The van der Waals surface area contributed by atoms with E-state index in [1.165, 1.54) is 0 Å². The van der Waals surface area contributed by atoms with Gasteiger partial charge in [-0.2, -0.15) is 0 Å². The Morgan fingerprint density at radius 1 is 0.750 bits per heavy atom. The number of carbonyl (C=O) groups excluding carboxylic acids is 4. The van der Waals surface area contributed by atoms with E-state index in [4.69, 9.17) is 46.4 Å². The van der Waals surface area contributed by atoms with E-state index in [9.17, 15) is 19.2 Å². The summed E-state index contributed by atoms with van der Waals surface area (Å²) in [6.07, 6.45) is 0.526. The fraction of sp³-hybridized carbons (Fsp3) is 0.333. The van der Waals surface area contributed by atoms with Crippen molar-refractivity contribution in [2.24, 2.45) is 0 Å². The molecule has 0 saturated heterocycles. The van der Waals surface area contributed by atoms with Crippen LogP contribution in [-0.4, -0.2) is 32.9 Å². The SMILES string of the molecule is O=C1CC(Cl)(C2(Cl)CC(=O)C(Cl)=CC2=O)C(=O)C=C1Cl. The van der Waals surface area contributed by atoms with Crippen LogP contribution in [0.5, 0.6) is 0 Å². The molecule has 2 rings (SSSR count). The lowest BCUT2D eigenvalue weighted by Crippen LogP contribution is -2.60. The van der Waals surface area contributed by atoms with Crippen LogP contribution in [0.4, 0.5) is 0 Å². The van der Waals surface area contributed by atoms with Gasteiger partial charge in [0.15, 0.2) is 23.1 Å². The minimum atomic E-state index is -2.05. The maximum atomic E-state index is 12.1. The van der Waals surface area contributed by atoms with Crippen molar-refractivity contribution >= 4 is 69.5 Å². The van der Waals surface area contributed by atoms with E-state index in [-0.39, 0.29) is 10.1 Å². The van der Waals surface area contributed by atoms with Gasteiger partial charge in [-0.15, -0.1) is 23.2 Å². The van der Waals surface area contributed by atoms with E-state index < -0.39 is 45.7 Å². The average molecular weight is 356 g/mol. The van der Waals surface area contributed by atoms with Gasteiger partial charge in [-0.3, -0.25) is 19.2 Å². The lowest BCUT2D eigenvalue weighted by molar-refractivity contribution is -0.130. The van der Waals surface area contributed by atoms with Gasteiger partial charge >= 0.3 is 0 Å². The number of rotatable bonds is 1. The van der Waals surface area contributed by atoms with Crippen LogP contribution >= 0.6 is 46.4 Å². The first-order valence-corrected chi connectivity index (χ1v) is 6.90. The maximum absolute atomic E-state index is 12.1. The lowest BCUT2D eigenvalue weighted by atomic mass is 9.73. The fourth-order valence-corrected chi connectivity index (χ4v) is 3.08. The number of hydrogen-bond donors (Lipinski definition) is 0. The number of allylic oxidation sites excluding steroid dienone is 4. The van der Waals surface area contributed by atoms with Crippen LogP contribution in [0.25, 0.3) is 0 Å². The number of hydrogen-bond acceptors (Lipinski definition) is 4. The summed E-state index contributed by atoms with van der Waals surface area (Å²) in [6, 6.07) is 0. The highest BCUT2D eigenvalue weighted by molar-refractivity contribution is 6.57. The molecule has 0 aliphatic heterocycles. The molecule has 0 fully saturated rings. The van der Waals surface area contributed by atoms with Gasteiger partial charge in [-0.25, -0.2) is 0 Å². The Morgan fingerprint density at radius 2 is 1.05 bits per heavy atom. The van der Waals surface area contributed by atoms with Gasteiger partial charge < -0.3 is 0 Å². The summed E-state index contributed by atoms with van der Waals surface area (Å²) in [7, 11) is 0. The van der Waals surface area contributed by atoms with Gasteiger partial charge in [0.05, 0.1) is 10.1 Å². The van der Waals surface area contributed by atoms with Crippen molar-refractivity contribution in [3.63, 3.8) is 0 Å². The molecule has 2 aliphatic carbocycles. The van der Waals surface area contributed by atoms with Crippen molar-refractivity contribution < 1.29 is 19.2 Å². The quantitative estimate of drug-likeness (QED) is 0.676. The number of carbonyl (C=O) groups is 4. The number of Topliss-reactive ketones (excluding diaryl/α,β-unsaturated/α-hetero) is 2. The zero-order chi connectivity index (χ0) is 15.3. The first kappa shape index (κ1) is 15.7. The van der Waals surface area contributed by atoms with E-state index in [0.717, 1.165) is 12.2 Å². The van der Waals surface area contributed by atoms with E-state index >= 15 is 0 Å². The van der Waals surface area contributed by atoms with Gasteiger partial charge in [-0.1, -0.05) is 23.2 Å². The topological polar surface area (TPSA) is 68.3 Å². The number of halogens is 4. The largest absolute Gasteiger partial charge is 0.293 e. The summed E-state index contributed by atoms with van der Waals surface area (Å²) < 4.78 is 0. The molecule has 106 valence electrons. The molecule has 0 aromatic rings. The highest BCUT2D eigenvalue weighted by Gasteiger charge is 2.62. The van der Waals surface area contributed by atoms with Crippen LogP contribution < -0.4 is 0 Å². The molecule has 2 aliphatic rings. The summed E-state index contributed by atoms with van der Waals surface area (Å²) in [5, 5.41) is -0.565. The molecule has 0 bridgehead atoms. The molecule has 0 aromatic carbocycles. The Kier molecular flexibility index (Phi) is 3.89. The van der Waals surface area contributed by atoms with Crippen LogP contribution in [0, 0.1) is 0 Å². The molecule has 0 aromatic heterocycles. The van der Waals surface area contributed by atoms with Crippen LogP contribution in [0.2, 0.25) is 0 Å². The minimum absolute atomic E-state index is 0.283. The molecule has 2 atom stereocenters. The van der Waals surface area contributed by atoms with Crippen molar-refractivity contribution in [1.29, 1.82) is 0 Å². The average Bonchev–Trinajstić information content (AvgIpc) is 2.34. The second-order valence-corrected chi connectivity index (χ2v) is 6.62. The Bertz CT molecular complexity index is 567. The molecule has 0 radical (unpaired) electrons. The van der Waals surface area contributed by atoms with Crippen molar-refractivity contribution in [3.8, 4) is 0 Å². The molecular weight excluding hydrogens is 350 g/mol. The third kappa shape index (κ3) is 2.15. The normalized spacial score (nSPS) is 35.0. The monoisotopic (exact) mass is 354 g/mol. The zero-order valence-corrected chi connectivity index (χ0v) is 12.7. The van der Waals surface area contributed by atoms with E-state index in [1.807, 2.05) is 0 Å². The molecule has 20 heavy (non-hydrogen) atoms. The Labute approximate surface area is 133 Å². The van der Waals surface area contributed by atoms with E-state index in [0.29, 0.717) is 0 Å². The Balaban J connectivity index is 2.55. The molecule has 0 saturated carbocycles. The molecule has 0 heterocycles. The summed E-state index contributed by atoms with van der Waals surface area (Å²) >= 11 is 23.5. The molecule has 0 spiro atoms. The minimum Gasteiger partial charge on any atom is -0.293 e. The van der Waals surface area contributed by atoms with E-state index in [2.05, 4.69) is 0 Å². The van der Waals surface area contributed by atoms with Crippen molar-refractivity contribution in [1.82, 2.24) is 0 Å². The number of ketones is 4. The third-order valence-corrected chi connectivity index (χ3v) is 5.29. The summed E-state index contributed by atoms with van der Waals surface area (Å²) in [5.41, 5.74) is 0. The van der Waals surface area contributed by atoms with Crippen molar-refractivity contribution in [3.05, 3.63) is 22.2 Å². The zero-order valence-electron chi connectivity index (χ0n) is 9.71. The van der Waals surface area contributed by atoms with Gasteiger partial charge in [-0.05, 0) is 0 Å². The highest BCUT2D eigenvalue weighted by Crippen LogP contribution is 2.48. The second kappa shape index (κ2) is 4.95. The Hall–Kier alpha value is -0.680. The van der Waals surface area contributed by atoms with Crippen LogP contribution in [0.15, 0.2) is 22.2 Å². The van der Waals surface area contributed by atoms with Gasteiger partial charge in [0.1, 0.15) is 9.75 Å². The van der Waals surface area contributed by atoms with Crippen LogP contribution in [0.1, 0.15) is 12.8 Å². The predicted molar refractivity (Wildman–Crippen MR) is 74.3 cm³/mol. The lowest BCUT2D eigenvalue weighted by Gasteiger charge is -2.41. The molecule has 0 N–H and O–H groups in total. The first-order valence-electron chi connectivity index (χ1n) is 5.39. The fourth-order valence-electron chi connectivity index (χ4n) is 2.08. The highest BCUT2D eigenvalue weighted by atomic mass is 35.5.